The van der Waals surface area contributed by atoms with Crippen molar-refractivity contribution in [3.63, 3.8) is 0 Å². The molecular weight excluding hydrogens is 253 g/mol. The molecule has 0 aliphatic rings. The van der Waals surface area contributed by atoms with Crippen molar-refractivity contribution in [1.82, 2.24) is 4.98 Å². The van der Waals surface area contributed by atoms with Gasteiger partial charge in [-0.2, -0.15) is 0 Å². The lowest BCUT2D eigenvalue weighted by molar-refractivity contribution is 0.0982. The molecule has 1 heterocycles. The summed E-state index contributed by atoms with van der Waals surface area (Å²) in [5.74, 6) is -0.608. The fourth-order valence-electron chi connectivity index (χ4n) is 1.65. The molecule has 0 bridgehead atoms. The van der Waals surface area contributed by atoms with E-state index in [0.29, 0.717) is 12.8 Å². The minimum atomic E-state index is -0.452. The Morgan fingerprint density at radius 1 is 1.22 bits per heavy atom. The molecule has 0 radical (unpaired) electrons. The highest BCUT2D eigenvalue weighted by atomic mass is 35.5. The Bertz CT molecular complexity index is 557. The molecule has 1 aromatic heterocycles. The van der Waals surface area contributed by atoms with E-state index in [9.17, 15) is 9.18 Å². The summed E-state index contributed by atoms with van der Waals surface area (Å²) in [6, 6.07) is 7.51. The van der Waals surface area contributed by atoms with Gasteiger partial charge < -0.3 is 0 Å². The molecule has 18 heavy (non-hydrogen) atoms. The number of halogens is 2. The molecule has 0 aliphatic carbocycles. The van der Waals surface area contributed by atoms with Gasteiger partial charge >= 0.3 is 0 Å². The predicted molar refractivity (Wildman–Crippen MR) is 68.3 cm³/mol. The summed E-state index contributed by atoms with van der Waals surface area (Å²) in [6.07, 6.45) is 4.24. The second-order valence-corrected chi connectivity index (χ2v) is 4.31. The summed E-state index contributed by atoms with van der Waals surface area (Å²) < 4.78 is 13.1. The van der Waals surface area contributed by atoms with Gasteiger partial charge in [-0.3, -0.25) is 9.78 Å². The van der Waals surface area contributed by atoms with Crippen LogP contribution in [0.25, 0.3) is 0 Å². The lowest BCUT2D eigenvalue weighted by atomic mass is 10.0. The van der Waals surface area contributed by atoms with Crippen LogP contribution >= 0.6 is 11.6 Å². The topological polar surface area (TPSA) is 30.0 Å². The predicted octanol–water partition coefficient (Wildman–Crippen LogP) is 3.69. The van der Waals surface area contributed by atoms with Gasteiger partial charge in [-0.1, -0.05) is 11.6 Å². The fraction of sp³-hybridized carbons (Fsp3) is 0.143. The van der Waals surface area contributed by atoms with Crippen molar-refractivity contribution in [2.24, 2.45) is 0 Å². The summed E-state index contributed by atoms with van der Waals surface area (Å²) in [7, 11) is 0. The van der Waals surface area contributed by atoms with E-state index < -0.39 is 5.82 Å². The third-order valence-electron chi connectivity index (χ3n) is 2.62. The number of ketones is 1. The Balaban J connectivity index is 2.06. The van der Waals surface area contributed by atoms with Crippen molar-refractivity contribution >= 4 is 17.4 Å². The van der Waals surface area contributed by atoms with Crippen LogP contribution in [0.3, 0.4) is 0 Å². The highest BCUT2D eigenvalue weighted by Gasteiger charge is 2.11. The SMILES string of the molecule is O=C(CCc1ccncc1)c1cc(F)ccc1Cl. The van der Waals surface area contributed by atoms with Crippen molar-refractivity contribution in [3.8, 4) is 0 Å². The molecule has 0 N–H and O–H groups in total. The molecule has 2 rings (SSSR count). The zero-order chi connectivity index (χ0) is 13.0. The first-order chi connectivity index (χ1) is 8.66. The molecule has 4 heteroatoms. The lowest BCUT2D eigenvalue weighted by Crippen LogP contribution is -2.02. The van der Waals surface area contributed by atoms with Crippen molar-refractivity contribution in [2.45, 2.75) is 12.8 Å². The standard InChI is InChI=1S/C14H11ClFNO/c15-13-3-2-11(16)9-12(13)14(18)4-1-10-5-7-17-8-6-10/h2-3,5-9H,1,4H2. The molecule has 0 saturated heterocycles. The third-order valence-corrected chi connectivity index (χ3v) is 2.95. The number of aryl methyl sites for hydroxylation is 1. The number of nitrogens with zero attached hydrogens (tertiary/aromatic N) is 1. The van der Waals surface area contributed by atoms with Crippen LogP contribution in [0.2, 0.25) is 5.02 Å². The molecule has 0 atom stereocenters. The molecule has 0 unspecified atom stereocenters. The maximum atomic E-state index is 13.1. The zero-order valence-corrected chi connectivity index (χ0v) is 10.3. The van der Waals surface area contributed by atoms with Gasteiger partial charge in [0.1, 0.15) is 5.82 Å². The Morgan fingerprint density at radius 3 is 2.67 bits per heavy atom. The minimum Gasteiger partial charge on any atom is -0.294 e. The molecular formula is C14H11ClFNO. The number of hydrogen-bond acceptors (Lipinski definition) is 2. The highest BCUT2D eigenvalue weighted by Crippen LogP contribution is 2.19. The molecule has 0 aliphatic heterocycles. The first-order valence-corrected chi connectivity index (χ1v) is 5.92. The maximum absolute atomic E-state index is 13.1. The largest absolute Gasteiger partial charge is 0.294 e. The number of carbonyl (C=O) groups excluding carboxylic acids is 1. The minimum absolute atomic E-state index is 0.156. The molecule has 0 saturated carbocycles. The second-order valence-electron chi connectivity index (χ2n) is 3.90. The Labute approximate surface area is 109 Å². The van der Waals surface area contributed by atoms with Crippen molar-refractivity contribution in [3.05, 3.63) is 64.7 Å². The van der Waals surface area contributed by atoms with Crippen LogP contribution in [0.1, 0.15) is 22.3 Å². The number of pyridine rings is 1. The third kappa shape index (κ3) is 3.14. The summed E-state index contributed by atoms with van der Waals surface area (Å²) in [5, 5.41) is 0.288. The summed E-state index contributed by atoms with van der Waals surface area (Å²) >= 11 is 5.88. The second kappa shape index (κ2) is 5.74. The van der Waals surface area contributed by atoms with Crippen LogP contribution in [-0.2, 0) is 6.42 Å². The smallest absolute Gasteiger partial charge is 0.164 e. The van der Waals surface area contributed by atoms with Gasteiger partial charge in [-0.05, 0) is 42.3 Å². The Kier molecular flexibility index (Phi) is 4.05. The highest BCUT2D eigenvalue weighted by molar-refractivity contribution is 6.33. The summed E-state index contributed by atoms with van der Waals surface area (Å²) in [5.41, 5.74) is 1.26. The summed E-state index contributed by atoms with van der Waals surface area (Å²) in [6.45, 7) is 0. The van der Waals surface area contributed by atoms with Crippen LogP contribution in [0.15, 0.2) is 42.7 Å². The Hall–Kier alpha value is -1.74. The average molecular weight is 264 g/mol. The van der Waals surface area contributed by atoms with E-state index in [-0.39, 0.29) is 16.4 Å². The van der Waals surface area contributed by atoms with E-state index >= 15 is 0 Å². The van der Waals surface area contributed by atoms with E-state index in [4.69, 9.17) is 11.6 Å². The summed E-state index contributed by atoms with van der Waals surface area (Å²) in [4.78, 5) is 15.8. The molecule has 0 fully saturated rings. The van der Waals surface area contributed by atoms with Crippen LogP contribution in [0.4, 0.5) is 4.39 Å². The van der Waals surface area contributed by atoms with Crippen molar-refractivity contribution in [2.75, 3.05) is 0 Å². The van der Waals surface area contributed by atoms with Crippen molar-refractivity contribution in [1.29, 1.82) is 0 Å². The number of carbonyl (C=O) groups is 1. The van der Waals surface area contributed by atoms with Gasteiger partial charge in [-0.15, -0.1) is 0 Å². The molecule has 2 nitrogen and oxygen atoms in total. The number of aromatic nitrogens is 1. The normalized spacial score (nSPS) is 10.3. The quantitative estimate of drug-likeness (QED) is 0.788. The van der Waals surface area contributed by atoms with Crippen LogP contribution in [0, 0.1) is 5.82 Å². The molecule has 0 amide bonds. The zero-order valence-electron chi connectivity index (χ0n) is 9.57. The van der Waals surface area contributed by atoms with Gasteiger partial charge in [0.05, 0.1) is 5.02 Å². The first kappa shape index (κ1) is 12.7. The first-order valence-electron chi connectivity index (χ1n) is 5.54. The number of hydrogen-bond donors (Lipinski definition) is 0. The van der Waals surface area contributed by atoms with Gasteiger partial charge in [0, 0.05) is 24.4 Å². The van der Waals surface area contributed by atoms with E-state index in [1.165, 1.54) is 18.2 Å². The van der Waals surface area contributed by atoms with Gasteiger partial charge in [0.2, 0.25) is 0 Å². The monoisotopic (exact) mass is 263 g/mol. The molecule has 2 aromatic rings. The van der Waals surface area contributed by atoms with Gasteiger partial charge in [0.15, 0.2) is 5.78 Å². The van der Waals surface area contributed by atoms with E-state index in [1.54, 1.807) is 12.4 Å². The Morgan fingerprint density at radius 2 is 1.94 bits per heavy atom. The molecule has 1 aromatic carbocycles. The van der Waals surface area contributed by atoms with Crippen LogP contribution in [-0.4, -0.2) is 10.8 Å². The number of Topliss-reactive ketones (excluding diaryl/α,β-unsaturated/α-hetero) is 1. The van der Waals surface area contributed by atoms with Crippen molar-refractivity contribution < 1.29 is 9.18 Å². The van der Waals surface area contributed by atoms with Gasteiger partial charge in [-0.25, -0.2) is 4.39 Å². The van der Waals surface area contributed by atoms with Crippen LogP contribution < -0.4 is 0 Å². The maximum Gasteiger partial charge on any atom is 0.164 e. The number of benzene rings is 1. The number of rotatable bonds is 4. The van der Waals surface area contributed by atoms with E-state index in [2.05, 4.69) is 4.98 Å². The fourth-order valence-corrected chi connectivity index (χ4v) is 1.88. The van der Waals surface area contributed by atoms with Gasteiger partial charge in [0.25, 0.3) is 0 Å². The molecule has 92 valence electrons. The lowest BCUT2D eigenvalue weighted by Gasteiger charge is -2.04. The van der Waals surface area contributed by atoms with Crippen LogP contribution in [0.5, 0.6) is 0 Å². The van der Waals surface area contributed by atoms with E-state index in [0.717, 1.165) is 5.56 Å². The average Bonchev–Trinajstić information content (AvgIpc) is 2.40. The van der Waals surface area contributed by atoms with E-state index in [1.807, 2.05) is 12.1 Å². The molecule has 0 spiro atoms.